The van der Waals surface area contributed by atoms with Gasteiger partial charge in [0, 0.05) is 5.56 Å². The lowest BCUT2D eigenvalue weighted by molar-refractivity contribution is -0.147. The van der Waals surface area contributed by atoms with E-state index in [-0.39, 0.29) is 42.2 Å². The van der Waals surface area contributed by atoms with Gasteiger partial charge in [-0.1, -0.05) is 89.4 Å². The molecule has 39 heavy (non-hydrogen) atoms. The van der Waals surface area contributed by atoms with E-state index in [4.69, 9.17) is 14.6 Å². The second-order valence-corrected chi connectivity index (χ2v) is 10.2. The summed E-state index contributed by atoms with van der Waals surface area (Å²) in [6.07, 6.45) is 6.69. The summed E-state index contributed by atoms with van der Waals surface area (Å²) in [6.45, 7) is 8.91. The Kier molecular flexibility index (Phi) is 13.9. The molecule has 5 nitrogen and oxygen atoms in total. The van der Waals surface area contributed by atoms with Gasteiger partial charge in [-0.05, 0) is 48.3 Å². The van der Waals surface area contributed by atoms with Crippen molar-refractivity contribution in [2.75, 3.05) is 19.8 Å². The van der Waals surface area contributed by atoms with Gasteiger partial charge in [-0.25, -0.2) is 13.6 Å². The van der Waals surface area contributed by atoms with E-state index in [0.717, 1.165) is 37.7 Å². The molecule has 0 aliphatic heterocycles. The highest BCUT2D eigenvalue weighted by atomic mass is 19.2. The monoisotopic (exact) mass is 544 g/mol. The van der Waals surface area contributed by atoms with E-state index < -0.39 is 24.2 Å². The van der Waals surface area contributed by atoms with Crippen LogP contribution in [0, 0.1) is 17.6 Å². The number of ether oxygens (including phenoxy) is 2. The largest absolute Gasteiger partial charge is 0.465 e. The molecule has 1 N–H and O–H groups in total. The molecule has 214 valence electrons. The molecule has 0 spiro atoms. The molecular formula is C32H42F2O5. The van der Waals surface area contributed by atoms with Crippen LogP contribution in [0.25, 0.3) is 11.1 Å². The summed E-state index contributed by atoms with van der Waals surface area (Å²) in [7, 11) is 0. The Morgan fingerprint density at radius 2 is 1.54 bits per heavy atom. The molecule has 0 heterocycles. The Balaban J connectivity index is 2.12. The first kappa shape index (κ1) is 32.2. The maximum absolute atomic E-state index is 15.0. The van der Waals surface area contributed by atoms with Gasteiger partial charge >= 0.3 is 11.9 Å². The first-order valence-corrected chi connectivity index (χ1v) is 13.9. The van der Waals surface area contributed by atoms with Crippen molar-refractivity contribution < 1.29 is 33.0 Å². The lowest BCUT2D eigenvalue weighted by Crippen LogP contribution is -2.16. The molecule has 2 aromatic carbocycles. The molecule has 0 aromatic heterocycles. The maximum Gasteiger partial charge on any atom is 0.335 e. The lowest BCUT2D eigenvalue weighted by Gasteiger charge is -2.19. The number of aliphatic hydroxyl groups is 1. The highest BCUT2D eigenvalue weighted by Gasteiger charge is 2.18. The molecule has 1 unspecified atom stereocenters. The molecular weight excluding hydrogens is 502 g/mol. The molecule has 7 heteroatoms. The van der Waals surface area contributed by atoms with Gasteiger partial charge in [0.05, 0.1) is 31.3 Å². The molecule has 0 aliphatic carbocycles. The summed E-state index contributed by atoms with van der Waals surface area (Å²) in [4.78, 5) is 23.7. The Hall–Kier alpha value is -3.06. The van der Waals surface area contributed by atoms with E-state index in [9.17, 15) is 18.4 Å². The van der Waals surface area contributed by atoms with E-state index in [1.165, 1.54) is 0 Å². The van der Waals surface area contributed by atoms with Crippen molar-refractivity contribution in [2.24, 2.45) is 5.92 Å². The van der Waals surface area contributed by atoms with Crippen LogP contribution in [0.15, 0.2) is 48.6 Å². The third-order valence-electron chi connectivity index (χ3n) is 6.77. The number of unbranched alkanes of at least 4 members (excludes halogenated alkanes) is 4. The Morgan fingerprint density at radius 1 is 0.897 bits per heavy atom. The minimum atomic E-state index is -0.845. The molecule has 0 radical (unpaired) electrons. The summed E-state index contributed by atoms with van der Waals surface area (Å²) < 4.78 is 40.3. The first-order valence-electron chi connectivity index (χ1n) is 13.9. The molecule has 0 saturated carbocycles. The number of halogens is 2. The number of rotatable bonds is 17. The molecule has 1 atom stereocenters. The first-order chi connectivity index (χ1) is 18.7. The Bertz CT molecular complexity index is 1080. The number of aliphatic hydroxyl groups excluding tert-OH is 1. The molecule has 2 rings (SSSR count). The Labute approximate surface area is 231 Å². The van der Waals surface area contributed by atoms with Crippen molar-refractivity contribution in [1.29, 1.82) is 0 Å². The number of benzene rings is 2. The van der Waals surface area contributed by atoms with Crippen molar-refractivity contribution in [3.8, 4) is 11.1 Å². The average Bonchev–Trinajstić information content (AvgIpc) is 2.93. The van der Waals surface area contributed by atoms with Crippen LogP contribution in [0.5, 0.6) is 0 Å². The van der Waals surface area contributed by atoms with E-state index in [2.05, 4.69) is 13.5 Å². The van der Waals surface area contributed by atoms with E-state index in [0.29, 0.717) is 30.4 Å². The molecule has 0 amide bonds. The van der Waals surface area contributed by atoms with E-state index >= 15 is 0 Å². The van der Waals surface area contributed by atoms with Crippen LogP contribution < -0.4 is 0 Å². The summed E-state index contributed by atoms with van der Waals surface area (Å²) in [5.41, 5.74) is 2.02. The Morgan fingerprint density at radius 3 is 2.15 bits per heavy atom. The van der Waals surface area contributed by atoms with Crippen molar-refractivity contribution >= 4 is 11.9 Å². The van der Waals surface area contributed by atoms with Gasteiger partial charge in [-0.15, -0.1) is 0 Å². The van der Waals surface area contributed by atoms with Crippen molar-refractivity contribution in [3.63, 3.8) is 0 Å². The lowest BCUT2D eigenvalue weighted by atomic mass is 9.91. The second-order valence-electron chi connectivity index (χ2n) is 10.2. The van der Waals surface area contributed by atoms with Gasteiger partial charge < -0.3 is 14.6 Å². The zero-order valence-electron chi connectivity index (χ0n) is 23.4. The van der Waals surface area contributed by atoms with Crippen molar-refractivity contribution in [3.05, 3.63) is 71.3 Å². The summed E-state index contributed by atoms with van der Waals surface area (Å²) >= 11 is 0. The van der Waals surface area contributed by atoms with Gasteiger partial charge in [0.1, 0.15) is 0 Å². The summed E-state index contributed by atoms with van der Waals surface area (Å²) in [6, 6.07) is 10.4. The summed E-state index contributed by atoms with van der Waals surface area (Å²) in [5, 5.41) is 9.04. The van der Waals surface area contributed by atoms with Crippen molar-refractivity contribution in [2.45, 2.75) is 78.1 Å². The molecule has 0 aliphatic rings. The van der Waals surface area contributed by atoms with E-state index in [1.54, 1.807) is 38.1 Å². The fourth-order valence-corrected chi connectivity index (χ4v) is 4.27. The number of hydrogen-bond acceptors (Lipinski definition) is 5. The smallest absolute Gasteiger partial charge is 0.335 e. The summed E-state index contributed by atoms with van der Waals surface area (Å²) in [5.74, 6) is -2.96. The minimum absolute atomic E-state index is 0.0291. The molecule has 0 fully saturated rings. The van der Waals surface area contributed by atoms with Crippen LogP contribution in [0.3, 0.4) is 0 Å². The number of carbonyl (C=O) groups excluding carboxylic acids is 2. The van der Waals surface area contributed by atoms with Crippen LogP contribution in [-0.4, -0.2) is 36.9 Å². The highest BCUT2D eigenvalue weighted by Crippen LogP contribution is 2.30. The van der Waals surface area contributed by atoms with Crippen LogP contribution in [0.1, 0.15) is 82.8 Å². The van der Waals surface area contributed by atoms with Crippen LogP contribution in [0.4, 0.5) is 8.78 Å². The third kappa shape index (κ3) is 10.2. The van der Waals surface area contributed by atoms with Crippen LogP contribution in [0.2, 0.25) is 0 Å². The molecule has 0 saturated heterocycles. The predicted molar refractivity (Wildman–Crippen MR) is 149 cm³/mol. The fraction of sp³-hybridized carbons (Fsp3) is 0.500. The van der Waals surface area contributed by atoms with E-state index in [1.807, 2.05) is 12.1 Å². The second kappa shape index (κ2) is 16.8. The highest BCUT2D eigenvalue weighted by molar-refractivity contribution is 5.87. The molecule has 2 aromatic rings. The fourth-order valence-electron chi connectivity index (χ4n) is 4.27. The standard InChI is InChI=1S/C32H42F2O5/c1-5-6-7-8-9-10-27-15-16-28(30(34)29(27)33)26-13-11-24(12-14-26)25(17-19-38-31(36)22(2)3)18-20-39-32(37)23(4)21-35/h11-16,22,25,35H,4-10,17-21H2,1-3H3. The normalized spacial score (nSPS) is 11.9. The van der Waals surface area contributed by atoms with Crippen LogP contribution in [-0.2, 0) is 25.5 Å². The van der Waals surface area contributed by atoms with Gasteiger partial charge in [0.15, 0.2) is 11.6 Å². The average molecular weight is 545 g/mol. The topological polar surface area (TPSA) is 72.8 Å². The minimum Gasteiger partial charge on any atom is -0.465 e. The molecule has 0 bridgehead atoms. The SMILES string of the molecule is C=C(CO)C(=O)OCCC(CCOC(=O)C(C)C)c1ccc(-c2ccc(CCCCCCC)c(F)c2F)cc1. The van der Waals surface area contributed by atoms with Gasteiger partial charge in [-0.2, -0.15) is 0 Å². The van der Waals surface area contributed by atoms with Gasteiger partial charge in [0.2, 0.25) is 0 Å². The quantitative estimate of drug-likeness (QED) is 0.129. The number of hydrogen-bond donors (Lipinski definition) is 1. The zero-order chi connectivity index (χ0) is 28.8. The van der Waals surface area contributed by atoms with Gasteiger partial charge in [-0.3, -0.25) is 4.79 Å². The van der Waals surface area contributed by atoms with Gasteiger partial charge in [0.25, 0.3) is 0 Å². The maximum atomic E-state index is 15.0. The predicted octanol–water partition coefficient (Wildman–Crippen LogP) is 7.30. The number of aryl methyl sites for hydroxylation is 1. The third-order valence-corrected chi connectivity index (χ3v) is 6.77. The van der Waals surface area contributed by atoms with Crippen LogP contribution >= 0.6 is 0 Å². The number of carbonyl (C=O) groups is 2. The van der Waals surface area contributed by atoms with Crippen molar-refractivity contribution in [1.82, 2.24) is 0 Å². The number of esters is 2. The zero-order valence-corrected chi connectivity index (χ0v) is 23.4.